The molecule has 0 radical (unpaired) electrons. The van der Waals surface area contributed by atoms with Crippen LogP contribution < -0.4 is 21.3 Å². The number of fused-ring (bicyclic) bond motifs is 3. The van der Waals surface area contributed by atoms with E-state index in [2.05, 4.69) is 10.3 Å². The number of carbonyl (C=O) groups is 1. The molecule has 1 aromatic heterocycles. The second kappa shape index (κ2) is 5.21. The lowest BCUT2D eigenvalue weighted by Gasteiger charge is -2.12. The van der Waals surface area contributed by atoms with Crippen LogP contribution in [0.2, 0.25) is 0 Å². The molecule has 0 saturated carbocycles. The molecule has 21 heavy (non-hydrogen) atoms. The molecule has 1 aliphatic heterocycles. The van der Waals surface area contributed by atoms with Gasteiger partial charge in [-0.3, -0.25) is 9.59 Å². The van der Waals surface area contributed by atoms with E-state index in [0.29, 0.717) is 6.54 Å². The Morgan fingerprint density at radius 1 is 1.52 bits per heavy atom. The van der Waals surface area contributed by atoms with Crippen LogP contribution in [0, 0.1) is 6.92 Å². The van der Waals surface area contributed by atoms with Crippen molar-refractivity contribution in [3.8, 4) is 5.75 Å². The summed E-state index contributed by atoms with van der Waals surface area (Å²) in [5, 5.41) is 3.63. The first-order valence-electron chi connectivity index (χ1n) is 6.87. The van der Waals surface area contributed by atoms with Crippen molar-refractivity contribution in [2.24, 2.45) is 5.73 Å². The van der Waals surface area contributed by atoms with Gasteiger partial charge in [0.15, 0.2) is 0 Å². The molecule has 1 amide bonds. The largest absolute Gasteiger partial charge is 0.487 e. The number of ether oxygens (including phenoxy) is 1. The van der Waals surface area contributed by atoms with Crippen molar-refractivity contribution in [2.45, 2.75) is 19.4 Å². The first-order chi connectivity index (χ1) is 10.1. The lowest BCUT2D eigenvalue weighted by Crippen LogP contribution is -2.37. The van der Waals surface area contributed by atoms with Gasteiger partial charge < -0.3 is 20.8 Å². The highest BCUT2D eigenvalue weighted by Crippen LogP contribution is 2.36. The van der Waals surface area contributed by atoms with Gasteiger partial charge in [-0.15, -0.1) is 0 Å². The Kier molecular flexibility index (Phi) is 3.39. The van der Waals surface area contributed by atoms with Crippen LogP contribution in [-0.4, -0.2) is 30.1 Å². The first-order valence-corrected chi connectivity index (χ1v) is 6.87. The molecule has 1 atom stereocenters. The van der Waals surface area contributed by atoms with Gasteiger partial charge in [0, 0.05) is 17.9 Å². The number of carbonyl (C=O) groups excluding carboxylic acids is 1. The molecule has 6 heteroatoms. The molecule has 1 unspecified atom stereocenters. The maximum absolute atomic E-state index is 11.5. The normalized spacial score (nSPS) is 16.6. The van der Waals surface area contributed by atoms with Crippen LogP contribution in [0.1, 0.15) is 11.1 Å². The third-order valence-corrected chi connectivity index (χ3v) is 3.68. The topological polar surface area (TPSA) is 97.2 Å². The van der Waals surface area contributed by atoms with E-state index in [0.717, 1.165) is 34.2 Å². The lowest BCUT2D eigenvalue weighted by molar-refractivity contribution is -0.120. The summed E-state index contributed by atoms with van der Waals surface area (Å²) in [6, 6.07) is 5.30. The molecular weight excluding hydrogens is 270 g/mol. The highest BCUT2D eigenvalue weighted by atomic mass is 16.5. The number of aromatic nitrogens is 1. The summed E-state index contributed by atoms with van der Waals surface area (Å²) in [4.78, 5) is 25.5. The van der Waals surface area contributed by atoms with E-state index in [1.807, 2.05) is 13.0 Å². The van der Waals surface area contributed by atoms with Gasteiger partial charge in [-0.25, -0.2) is 0 Å². The van der Waals surface area contributed by atoms with Crippen molar-refractivity contribution in [3.05, 3.63) is 39.7 Å². The fraction of sp³-hybridized carbons (Fsp3) is 0.333. The van der Waals surface area contributed by atoms with E-state index < -0.39 is 0 Å². The number of benzene rings is 1. The van der Waals surface area contributed by atoms with Gasteiger partial charge >= 0.3 is 0 Å². The van der Waals surface area contributed by atoms with Crippen molar-refractivity contribution in [3.63, 3.8) is 0 Å². The smallest absolute Gasteiger partial charge is 0.248 e. The molecule has 1 aliphatic rings. The quantitative estimate of drug-likeness (QED) is 0.752. The number of aromatic amines is 1. The number of hydrogen-bond donors (Lipinski definition) is 3. The van der Waals surface area contributed by atoms with Gasteiger partial charge in [0.1, 0.15) is 11.9 Å². The average Bonchev–Trinajstić information content (AvgIpc) is 2.88. The van der Waals surface area contributed by atoms with Crippen LogP contribution in [0.25, 0.3) is 10.9 Å². The second-order valence-corrected chi connectivity index (χ2v) is 5.25. The molecule has 0 spiro atoms. The molecule has 1 aromatic carbocycles. The lowest BCUT2D eigenvalue weighted by atomic mass is 10.0. The summed E-state index contributed by atoms with van der Waals surface area (Å²) in [5.41, 5.74) is 8.04. The number of aryl methyl sites for hydroxylation is 1. The maximum atomic E-state index is 11.5. The Morgan fingerprint density at radius 2 is 2.33 bits per heavy atom. The summed E-state index contributed by atoms with van der Waals surface area (Å²) < 4.78 is 5.93. The number of nitrogens with one attached hydrogen (secondary N) is 2. The molecule has 0 bridgehead atoms. The number of rotatable bonds is 3. The summed E-state index contributed by atoms with van der Waals surface area (Å²) in [7, 11) is 0. The molecule has 0 aliphatic carbocycles. The number of H-pyrrole nitrogens is 1. The average molecular weight is 287 g/mol. The van der Waals surface area contributed by atoms with Crippen LogP contribution >= 0.6 is 0 Å². The molecule has 0 fully saturated rings. The number of nitrogens with two attached hydrogens (primary N) is 1. The SMILES string of the molecule is Cc1cc2c(c3ccc(=O)[nH]c13)OC(CNC(=O)CN)C2. The van der Waals surface area contributed by atoms with E-state index in [1.54, 1.807) is 6.07 Å². The van der Waals surface area contributed by atoms with E-state index in [9.17, 15) is 9.59 Å². The zero-order valence-corrected chi connectivity index (χ0v) is 11.7. The Balaban J connectivity index is 1.91. The molecular formula is C15H17N3O3. The van der Waals surface area contributed by atoms with Gasteiger partial charge in [0.2, 0.25) is 11.5 Å². The molecule has 0 saturated heterocycles. The minimum atomic E-state index is -0.195. The van der Waals surface area contributed by atoms with Crippen molar-refractivity contribution in [2.75, 3.05) is 13.1 Å². The van der Waals surface area contributed by atoms with E-state index in [1.165, 1.54) is 6.07 Å². The highest BCUT2D eigenvalue weighted by molar-refractivity contribution is 5.89. The van der Waals surface area contributed by atoms with Crippen LogP contribution in [0.3, 0.4) is 0 Å². The zero-order valence-electron chi connectivity index (χ0n) is 11.7. The van der Waals surface area contributed by atoms with Crippen LogP contribution in [-0.2, 0) is 11.2 Å². The number of hydrogen-bond acceptors (Lipinski definition) is 4. The maximum Gasteiger partial charge on any atom is 0.248 e. The fourth-order valence-electron chi connectivity index (χ4n) is 2.70. The number of pyridine rings is 1. The van der Waals surface area contributed by atoms with Crippen LogP contribution in [0.5, 0.6) is 5.75 Å². The molecule has 2 heterocycles. The predicted octanol–water partition coefficient (Wildman–Crippen LogP) is 0.215. The second-order valence-electron chi connectivity index (χ2n) is 5.25. The summed E-state index contributed by atoms with van der Waals surface area (Å²) in [6.45, 7) is 2.36. The van der Waals surface area contributed by atoms with E-state index in [-0.39, 0.29) is 24.1 Å². The Hall–Kier alpha value is -2.34. The van der Waals surface area contributed by atoms with Crippen molar-refractivity contribution in [1.82, 2.24) is 10.3 Å². The zero-order chi connectivity index (χ0) is 15.0. The van der Waals surface area contributed by atoms with E-state index >= 15 is 0 Å². The van der Waals surface area contributed by atoms with Gasteiger partial charge in [-0.2, -0.15) is 0 Å². The minimum absolute atomic E-state index is 0.0249. The molecule has 110 valence electrons. The summed E-state index contributed by atoms with van der Waals surface area (Å²) >= 11 is 0. The molecule has 6 nitrogen and oxygen atoms in total. The van der Waals surface area contributed by atoms with Crippen LogP contribution in [0.4, 0.5) is 0 Å². The number of amides is 1. The fourth-order valence-corrected chi connectivity index (χ4v) is 2.70. The van der Waals surface area contributed by atoms with Gasteiger partial charge in [-0.1, -0.05) is 6.07 Å². The summed E-state index contributed by atoms with van der Waals surface area (Å²) in [5.74, 6) is 0.596. The summed E-state index contributed by atoms with van der Waals surface area (Å²) in [6.07, 6.45) is 0.628. The molecule has 4 N–H and O–H groups in total. The van der Waals surface area contributed by atoms with Gasteiger partial charge in [0.25, 0.3) is 0 Å². The highest BCUT2D eigenvalue weighted by Gasteiger charge is 2.26. The monoisotopic (exact) mass is 287 g/mol. The van der Waals surface area contributed by atoms with Gasteiger partial charge in [0.05, 0.1) is 18.6 Å². The van der Waals surface area contributed by atoms with E-state index in [4.69, 9.17) is 10.5 Å². The van der Waals surface area contributed by atoms with Crippen LogP contribution in [0.15, 0.2) is 23.0 Å². The third kappa shape index (κ3) is 2.50. The van der Waals surface area contributed by atoms with Crippen molar-refractivity contribution < 1.29 is 9.53 Å². The third-order valence-electron chi connectivity index (χ3n) is 3.68. The Labute approximate surface area is 121 Å². The van der Waals surface area contributed by atoms with Crippen molar-refractivity contribution in [1.29, 1.82) is 0 Å². The van der Waals surface area contributed by atoms with Gasteiger partial charge in [-0.05, 0) is 24.1 Å². The Morgan fingerprint density at radius 3 is 3.10 bits per heavy atom. The van der Waals surface area contributed by atoms with Crippen molar-refractivity contribution >= 4 is 16.8 Å². The minimum Gasteiger partial charge on any atom is -0.487 e. The standard InChI is InChI=1S/C15H17N3O3/c1-8-4-9-5-10(7-17-13(20)6-16)21-15(9)11-2-3-12(19)18-14(8)11/h2-4,10H,5-7,16H2,1H3,(H,17,20)(H,18,19). The first kappa shape index (κ1) is 13.6. The Bertz CT molecular complexity index is 767. The molecule has 3 rings (SSSR count). The molecule has 2 aromatic rings. The predicted molar refractivity (Wildman–Crippen MR) is 79.5 cm³/mol.